The molecule has 0 bridgehead atoms. The maximum atomic E-state index is 12.6. The van der Waals surface area contributed by atoms with Crippen LogP contribution in [0.25, 0.3) is 0 Å². The summed E-state index contributed by atoms with van der Waals surface area (Å²) in [5, 5.41) is 9.14. The highest BCUT2D eigenvalue weighted by Gasteiger charge is 2.37. The van der Waals surface area contributed by atoms with Gasteiger partial charge in [-0.15, -0.1) is 0 Å². The van der Waals surface area contributed by atoms with E-state index in [-0.39, 0.29) is 12.5 Å². The van der Waals surface area contributed by atoms with Crippen molar-refractivity contribution in [3.05, 3.63) is 65.7 Å². The van der Waals surface area contributed by atoms with Crippen LogP contribution in [-0.2, 0) is 22.3 Å². The summed E-state index contributed by atoms with van der Waals surface area (Å²) < 4.78 is 14.4. The van der Waals surface area contributed by atoms with Gasteiger partial charge in [0.2, 0.25) is 0 Å². The molecule has 1 N–H and O–H groups in total. The lowest BCUT2D eigenvalue weighted by Gasteiger charge is -2.22. The van der Waals surface area contributed by atoms with Gasteiger partial charge in [-0.2, -0.15) is 0 Å². The molecular weight excluding hydrogens is 286 g/mol. The standard InChI is InChI=1S/C16H15NO3S/c18-16(19)10-14-13-8-4-5-9-15(13)21(20)17(14)11-12-6-2-1-3-7-12/h1-9,14H,10-11H2,(H,18,19). The number of hydrogen-bond acceptors (Lipinski definition) is 2. The molecule has 21 heavy (non-hydrogen) atoms. The predicted molar refractivity (Wildman–Crippen MR) is 79.8 cm³/mol. The summed E-state index contributed by atoms with van der Waals surface area (Å²) in [4.78, 5) is 11.9. The zero-order chi connectivity index (χ0) is 14.8. The van der Waals surface area contributed by atoms with Crippen LogP contribution in [0.1, 0.15) is 23.6 Å². The van der Waals surface area contributed by atoms with Gasteiger partial charge in [0.05, 0.1) is 17.4 Å². The van der Waals surface area contributed by atoms with Crippen LogP contribution in [0.15, 0.2) is 59.5 Å². The summed E-state index contributed by atoms with van der Waals surface area (Å²) in [7, 11) is -1.31. The van der Waals surface area contributed by atoms with E-state index in [4.69, 9.17) is 5.11 Å². The monoisotopic (exact) mass is 301 g/mol. The fraction of sp³-hybridized carbons (Fsp3) is 0.188. The van der Waals surface area contributed by atoms with Crippen molar-refractivity contribution in [2.24, 2.45) is 0 Å². The maximum absolute atomic E-state index is 12.6. The van der Waals surface area contributed by atoms with E-state index in [9.17, 15) is 9.00 Å². The molecule has 5 heteroatoms. The first-order chi connectivity index (χ1) is 10.2. The lowest BCUT2D eigenvalue weighted by molar-refractivity contribution is -0.138. The molecule has 4 nitrogen and oxygen atoms in total. The second kappa shape index (κ2) is 5.79. The molecule has 0 spiro atoms. The molecule has 0 saturated carbocycles. The Kier molecular flexibility index (Phi) is 3.86. The molecule has 2 unspecified atom stereocenters. The number of carboxylic acid groups (broad SMARTS) is 1. The van der Waals surface area contributed by atoms with Gasteiger partial charge in [0, 0.05) is 6.54 Å². The fourth-order valence-corrected chi connectivity index (χ4v) is 4.16. The largest absolute Gasteiger partial charge is 0.481 e. The molecule has 108 valence electrons. The zero-order valence-corrected chi connectivity index (χ0v) is 12.1. The number of carboxylic acids is 1. The molecule has 1 aliphatic rings. The molecule has 0 fully saturated rings. The third-order valence-corrected chi connectivity index (χ3v) is 5.13. The van der Waals surface area contributed by atoms with Crippen molar-refractivity contribution < 1.29 is 14.1 Å². The van der Waals surface area contributed by atoms with Crippen LogP contribution in [0.3, 0.4) is 0 Å². The maximum Gasteiger partial charge on any atom is 0.305 e. The highest BCUT2D eigenvalue weighted by atomic mass is 32.2. The van der Waals surface area contributed by atoms with E-state index < -0.39 is 17.0 Å². The topological polar surface area (TPSA) is 57.6 Å². The van der Waals surface area contributed by atoms with Gasteiger partial charge in [0.1, 0.15) is 11.0 Å². The third-order valence-electron chi connectivity index (χ3n) is 3.58. The van der Waals surface area contributed by atoms with Gasteiger partial charge >= 0.3 is 5.97 Å². The minimum atomic E-state index is -1.31. The van der Waals surface area contributed by atoms with Crippen molar-refractivity contribution >= 4 is 17.0 Å². The summed E-state index contributed by atoms with van der Waals surface area (Å²) in [6, 6.07) is 16.7. The van der Waals surface area contributed by atoms with Crippen molar-refractivity contribution in [1.29, 1.82) is 0 Å². The molecule has 2 atom stereocenters. The molecule has 2 aromatic carbocycles. The van der Waals surface area contributed by atoms with E-state index in [2.05, 4.69) is 0 Å². The Morgan fingerprint density at radius 1 is 1.10 bits per heavy atom. The van der Waals surface area contributed by atoms with Crippen molar-refractivity contribution in [2.75, 3.05) is 0 Å². The average Bonchev–Trinajstić information content (AvgIpc) is 2.74. The number of hydrogen-bond donors (Lipinski definition) is 1. The van der Waals surface area contributed by atoms with Crippen LogP contribution in [0, 0.1) is 0 Å². The van der Waals surface area contributed by atoms with Crippen molar-refractivity contribution in [3.8, 4) is 0 Å². The van der Waals surface area contributed by atoms with Gasteiger partial charge in [0.15, 0.2) is 0 Å². The number of fused-ring (bicyclic) bond motifs is 1. The Hall–Kier alpha value is -1.98. The first-order valence-electron chi connectivity index (χ1n) is 6.70. The number of nitrogens with zero attached hydrogens (tertiary/aromatic N) is 1. The summed E-state index contributed by atoms with van der Waals surface area (Å²) >= 11 is 0. The fourth-order valence-electron chi connectivity index (χ4n) is 2.62. The van der Waals surface area contributed by atoms with Crippen LogP contribution < -0.4 is 0 Å². The number of aliphatic carboxylic acids is 1. The lowest BCUT2D eigenvalue weighted by Crippen LogP contribution is -2.25. The van der Waals surface area contributed by atoms with E-state index in [1.165, 1.54) is 0 Å². The minimum Gasteiger partial charge on any atom is -0.481 e. The molecule has 2 aromatic rings. The molecule has 1 aliphatic heterocycles. The van der Waals surface area contributed by atoms with Crippen molar-refractivity contribution in [1.82, 2.24) is 4.31 Å². The first kappa shape index (κ1) is 14.0. The van der Waals surface area contributed by atoms with E-state index in [0.29, 0.717) is 6.54 Å². The number of benzene rings is 2. The Bertz CT molecular complexity index is 687. The van der Waals surface area contributed by atoms with Gasteiger partial charge < -0.3 is 5.11 Å². The molecule has 0 aliphatic carbocycles. The first-order valence-corrected chi connectivity index (χ1v) is 7.80. The van der Waals surface area contributed by atoms with Gasteiger partial charge in [-0.05, 0) is 17.2 Å². The molecule has 3 rings (SSSR count). The second-order valence-corrected chi connectivity index (χ2v) is 6.37. The van der Waals surface area contributed by atoms with Crippen LogP contribution in [0.2, 0.25) is 0 Å². The summed E-state index contributed by atoms with van der Waals surface area (Å²) in [6.45, 7) is 0.472. The summed E-state index contributed by atoms with van der Waals surface area (Å²) in [5.74, 6) is -0.883. The minimum absolute atomic E-state index is 0.0460. The van der Waals surface area contributed by atoms with Gasteiger partial charge in [-0.3, -0.25) is 4.79 Å². The molecule has 0 aromatic heterocycles. The predicted octanol–water partition coefficient (Wildman–Crippen LogP) is 2.74. The summed E-state index contributed by atoms with van der Waals surface area (Å²) in [5.41, 5.74) is 1.88. The highest BCUT2D eigenvalue weighted by Crippen LogP contribution is 2.39. The quantitative estimate of drug-likeness (QED) is 0.944. The Balaban J connectivity index is 1.95. The summed E-state index contributed by atoms with van der Waals surface area (Å²) in [6.07, 6.45) is -0.0460. The van der Waals surface area contributed by atoms with Crippen molar-refractivity contribution in [2.45, 2.75) is 23.9 Å². The molecule has 0 radical (unpaired) electrons. The van der Waals surface area contributed by atoms with Crippen LogP contribution >= 0.6 is 0 Å². The smallest absolute Gasteiger partial charge is 0.305 e. The lowest BCUT2D eigenvalue weighted by atomic mass is 10.0. The van der Waals surface area contributed by atoms with E-state index in [1.54, 1.807) is 4.31 Å². The normalized spacial score (nSPS) is 21.1. The molecular formula is C16H15NO3S. The molecule has 0 saturated heterocycles. The van der Waals surface area contributed by atoms with E-state index in [1.807, 2.05) is 54.6 Å². The number of carbonyl (C=O) groups is 1. The Labute approximate surface area is 125 Å². The number of rotatable bonds is 4. The van der Waals surface area contributed by atoms with Crippen LogP contribution in [0.5, 0.6) is 0 Å². The molecule has 1 heterocycles. The van der Waals surface area contributed by atoms with Gasteiger partial charge in [-0.25, -0.2) is 8.51 Å². The van der Waals surface area contributed by atoms with E-state index >= 15 is 0 Å². The zero-order valence-electron chi connectivity index (χ0n) is 11.3. The Morgan fingerprint density at radius 2 is 1.76 bits per heavy atom. The van der Waals surface area contributed by atoms with Gasteiger partial charge in [0.25, 0.3) is 0 Å². The van der Waals surface area contributed by atoms with Crippen LogP contribution in [0.4, 0.5) is 0 Å². The highest BCUT2D eigenvalue weighted by molar-refractivity contribution is 7.83. The Morgan fingerprint density at radius 3 is 2.48 bits per heavy atom. The molecule has 0 amide bonds. The SMILES string of the molecule is O=C(O)CC1c2ccccc2S(=O)N1Cc1ccccc1. The van der Waals surface area contributed by atoms with Crippen LogP contribution in [-0.4, -0.2) is 19.6 Å². The third kappa shape index (κ3) is 2.75. The average molecular weight is 301 g/mol. The van der Waals surface area contributed by atoms with Gasteiger partial charge in [-0.1, -0.05) is 48.5 Å². The second-order valence-electron chi connectivity index (χ2n) is 4.96. The van der Waals surface area contributed by atoms with Crippen molar-refractivity contribution in [3.63, 3.8) is 0 Å². The van der Waals surface area contributed by atoms with E-state index in [0.717, 1.165) is 16.0 Å².